The Morgan fingerprint density at radius 3 is 2.92 bits per heavy atom. The number of piperidine rings is 1. The molecule has 1 rings (SSSR count). The first-order valence-corrected chi connectivity index (χ1v) is 5.27. The third-order valence-corrected chi connectivity index (χ3v) is 2.66. The molecule has 0 amide bonds. The number of likely N-dealkylation sites (N-methyl/N-ethyl adjacent to an activating group) is 1. The zero-order chi connectivity index (χ0) is 9.68. The number of hydrogen-bond acceptors (Lipinski definition) is 2. The molecule has 1 fully saturated rings. The molecule has 2 heteroatoms. The molecule has 13 heavy (non-hydrogen) atoms. The molecule has 1 aliphatic heterocycles. The third-order valence-electron chi connectivity index (χ3n) is 2.66. The van der Waals surface area contributed by atoms with Gasteiger partial charge in [0, 0.05) is 19.1 Å². The van der Waals surface area contributed by atoms with Gasteiger partial charge >= 0.3 is 0 Å². The van der Waals surface area contributed by atoms with Gasteiger partial charge in [0.15, 0.2) is 0 Å². The summed E-state index contributed by atoms with van der Waals surface area (Å²) in [5.74, 6) is 0. The Kier molecular flexibility index (Phi) is 4.46. The first-order chi connectivity index (χ1) is 6.24. The van der Waals surface area contributed by atoms with Crippen molar-refractivity contribution < 1.29 is 0 Å². The van der Waals surface area contributed by atoms with Gasteiger partial charge in [-0.05, 0) is 33.4 Å². The summed E-state index contributed by atoms with van der Waals surface area (Å²) < 4.78 is 0. The molecule has 1 aliphatic rings. The Bertz CT molecular complexity index is 163. The smallest absolute Gasteiger partial charge is 0.0223 e. The van der Waals surface area contributed by atoms with E-state index in [1.165, 1.54) is 31.4 Å². The van der Waals surface area contributed by atoms with Crippen LogP contribution in [0.5, 0.6) is 0 Å². The Hall–Kier alpha value is -0.340. The van der Waals surface area contributed by atoms with E-state index in [1.807, 2.05) is 7.05 Å². The van der Waals surface area contributed by atoms with E-state index in [2.05, 4.69) is 23.7 Å². The summed E-state index contributed by atoms with van der Waals surface area (Å²) in [4.78, 5) is 2.56. The van der Waals surface area contributed by atoms with E-state index in [1.54, 1.807) is 0 Å². The highest BCUT2D eigenvalue weighted by molar-refractivity contribution is 4.94. The van der Waals surface area contributed by atoms with Crippen molar-refractivity contribution in [2.24, 2.45) is 0 Å². The molecule has 1 heterocycles. The maximum absolute atomic E-state index is 3.98. The second-order valence-corrected chi connectivity index (χ2v) is 4.13. The Morgan fingerprint density at radius 2 is 2.31 bits per heavy atom. The van der Waals surface area contributed by atoms with Crippen molar-refractivity contribution >= 4 is 0 Å². The normalized spacial score (nSPS) is 24.6. The van der Waals surface area contributed by atoms with E-state index in [4.69, 9.17) is 0 Å². The van der Waals surface area contributed by atoms with Crippen molar-refractivity contribution in [2.75, 3.05) is 26.7 Å². The number of nitrogens with one attached hydrogen (secondary N) is 1. The lowest BCUT2D eigenvalue weighted by Gasteiger charge is -2.35. The average Bonchev–Trinajstić information content (AvgIpc) is 2.08. The largest absolute Gasteiger partial charge is 0.318 e. The monoisotopic (exact) mass is 182 g/mol. The van der Waals surface area contributed by atoms with E-state index in [0.717, 1.165) is 19.1 Å². The first-order valence-electron chi connectivity index (χ1n) is 5.27. The quantitative estimate of drug-likeness (QED) is 0.665. The van der Waals surface area contributed by atoms with Crippen LogP contribution in [0.15, 0.2) is 12.2 Å². The van der Waals surface area contributed by atoms with Gasteiger partial charge in [0.25, 0.3) is 0 Å². The highest BCUT2D eigenvalue weighted by Crippen LogP contribution is 2.17. The summed E-state index contributed by atoms with van der Waals surface area (Å²) in [7, 11) is 2.04. The van der Waals surface area contributed by atoms with Crippen molar-refractivity contribution in [3.8, 4) is 0 Å². The van der Waals surface area contributed by atoms with Crippen molar-refractivity contribution in [2.45, 2.75) is 32.2 Å². The van der Waals surface area contributed by atoms with Crippen LogP contribution < -0.4 is 5.32 Å². The standard InChI is InChI=1S/C11H22N2/c1-10(2)9-13-7-5-4-6-11(13)8-12-3/h11-12H,1,4-9H2,2-3H3. The lowest BCUT2D eigenvalue weighted by Crippen LogP contribution is -2.45. The maximum Gasteiger partial charge on any atom is 0.0223 e. The van der Waals surface area contributed by atoms with Crippen LogP contribution in [-0.2, 0) is 0 Å². The summed E-state index contributed by atoms with van der Waals surface area (Å²) in [6.07, 6.45) is 4.08. The number of hydrogen-bond donors (Lipinski definition) is 1. The van der Waals surface area contributed by atoms with Crippen LogP contribution in [-0.4, -0.2) is 37.6 Å². The first kappa shape index (κ1) is 10.7. The van der Waals surface area contributed by atoms with Gasteiger partial charge in [0.1, 0.15) is 0 Å². The molecule has 0 radical (unpaired) electrons. The molecular formula is C11H22N2. The SMILES string of the molecule is C=C(C)CN1CCCCC1CNC. The second kappa shape index (κ2) is 5.40. The summed E-state index contributed by atoms with van der Waals surface area (Å²) in [6.45, 7) is 9.54. The molecule has 0 bridgehead atoms. The zero-order valence-corrected chi connectivity index (χ0v) is 8.97. The molecule has 76 valence electrons. The summed E-state index contributed by atoms with van der Waals surface area (Å²) in [5, 5.41) is 3.27. The predicted molar refractivity (Wildman–Crippen MR) is 58.0 cm³/mol. The van der Waals surface area contributed by atoms with E-state index in [-0.39, 0.29) is 0 Å². The van der Waals surface area contributed by atoms with E-state index >= 15 is 0 Å². The molecule has 1 saturated heterocycles. The number of nitrogens with zero attached hydrogens (tertiary/aromatic N) is 1. The van der Waals surface area contributed by atoms with Gasteiger partial charge in [-0.3, -0.25) is 4.90 Å². The minimum atomic E-state index is 0.732. The third kappa shape index (κ3) is 3.49. The second-order valence-electron chi connectivity index (χ2n) is 4.13. The molecule has 1 unspecified atom stereocenters. The minimum absolute atomic E-state index is 0.732. The van der Waals surface area contributed by atoms with Gasteiger partial charge in [-0.25, -0.2) is 0 Å². The van der Waals surface area contributed by atoms with Gasteiger partial charge in [-0.2, -0.15) is 0 Å². The zero-order valence-electron chi connectivity index (χ0n) is 8.97. The fraction of sp³-hybridized carbons (Fsp3) is 0.818. The molecule has 2 nitrogen and oxygen atoms in total. The number of likely N-dealkylation sites (tertiary alicyclic amines) is 1. The molecule has 0 aromatic heterocycles. The van der Waals surface area contributed by atoms with E-state index in [9.17, 15) is 0 Å². The topological polar surface area (TPSA) is 15.3 Å². The van der Waals surface area contributed by atoms with Gasteiger partial charge in [-0.1, -0.05) is 18.6 Å². The maximum atomic E-state index is 3.98. The van der Waals surface area contributed by atoms with Crippen LogP contribution in [0.25, 0.3) is 0 Å². The molecule has 0 spiro atoms. The highest BCUT2D eigenvalue weighted by atomic mass is 15.2. The fourth-order valence-corrected chi connectivity index (χ4v) is 2.08. The molecule has 0 aromatic rings. The summed E-state index contributed by atoms with van der Waals surface area (Å²) >= 11 is 0. The molecule has 0 aromatic carbocycles. The van der Waals surface area contributed by atoms with Gasteiger partial charge in [-0.15, -0.1) is 0 Å². The molecule has 0 saturated carbocycles. The van der Waals surface area contributed by atoms with Crippen molar-refractivity contribution in [1.29, 1.82) is 0 Å². The van der Waals surface area contributed by atoms with Crippen LogP contribution >= 0.6 is 0 Å². The van der Waals surface area contributed by atoms with Crippen LogP contribution in [0.4, 0.5) is 0 Å². The Balaban J connectivity index is 2.41. The van der Waals surface area contributed by atoms with Crippen LogP contribution in [0.2, 0.25) is 0 Å². The van der Waals surface area contributed by atoms with E-state index < -0.39 is 0 Å². The average molecular weight is 182 g/mol. The fourth-order valence-electron chi connectivity index (χ4n) is 2.08. The van der Waals surface area contributed by atoms with Crippen molar-refractivity contribution in [1.82, 2.24) is 10.2 Å². The van der Waals surface area contributed by atoms with Crippen LogP contribution in [0, 0.1) is 0 Å². The lowest BCUT2D eigenvalue weighted by atomic mass is 10.0. The van der Waals surface area contributed by atoms with Gasteiger partial charge in [0.05, 0.1) is 0 Å². The molecular weight excluding hydrogens is 160 g/mol. The van der Waals surface area contributed by atoms with Crippen molar-refractivity contribution in [3.05, 3.63) is 12.2 Å². The van der Waals surface area contributed by atoms with E-state index in [0.29, 0.717) is 0 Å². The number of rotatable bonds is 4. The van der Waals surface area contributed by atoms with Crippen LogP contribution in [0.3, 0.4) is 0 Å². The Morgan fingerprint density at radius 1 is 1.54 bits per heavy atom. The summed E-state index contributed by atoms with van der Waals surface area (Å²) in [5.41, 5.74) is 1.28. The molecule has 1 N–H and O–H groups in total. The minimum Gasteiger partial charge on any atom is -0.318 e. The van der Waals surface area contributed by atoms with Crippen LogP contribution in [0.1, 0.15) is 26.2 Å². The lowest BCUT2D eigenvalue weighted by molar-refractivity contribution is 0.160. The molecule has 0 aliphatic carbocycles. The highest BCUT2D eigenvalue weighted by Gasteiger charge is 2.20. The molecule has 1 atom stereocenters. The predicted octanol–water partition coefficient (Wildman–Crippen LogP) is 1.64. The Labute approximate surface area is 82.0 Å². The van der Waals surface area contributed by atoms with Gasteiger partial charge in [0.2, 0.25) is 0 Å². The van der Waals surface area contributed by atoms with Gasteiger partial charge < -0.3 is 5.32 Å². The van der Waals surface area contributed by atoms with Crippen molar-refractivity contribution in [3.63, 3.8) is 0 Å². The summed E-state index contributed by atoms with van der Waals surface area (Å²) in [6, 6.07) is 0.732.